The molecule has 0 aliphatic rings. The summed E-state index contributed by atoms with van der Waals surface area (Å²) in [5, 5.41) is 2.89. The van der Waals surface area contributed by atoms with Gasteiger partial charge < -0.3 is 10.1 Å². The molecule has 3 N–H and O–H groups in total. The molecule has 5 nitrogen and oxygen atoms in total. The number of carbonyl (C=O) groups is 1. The van der Waals surface area contributed by atoms with E-state index in [1.54, 1.807) is 0 Å². The van der Waals surface area contributed by atoms with Crippen molar-refractivity contribution in [1.82, 2.24) is 10.9 Å². The van der Waals surface area contributed by atoms with E-state index < -0.39 is 11.7 Å². The second-order valence-corrected chi connectivity index (χ2v) is 7.06. The Morgan fingerprint density at radius 1 is 1.22 bits per heavy atom. The first kappa shape index (κ1) is 20.9. The zero-order chi connectivity index (χ0) is 20.0. The third-order valence-corrected chi connectivity index (χ3v) is 4.14. The molecule has 0 bridgehead atoms. The van der Waals surface area contributed by atoms with E-state index in [9.17, 15) is 9.18 Å². The quantitative estimate of drug-likeness (QED) is 0.507. The smallest absolute Gasteiger partial charge is 0.276 e. The van der Waals surface area contributed by atoms with Gasteiger partial charge in [-0.25, -0.2) is 4.39 Å². The number of hydrogen-bond donors (Lipinski definition) is 3. The molecule has 0 aliphatic heterocycles. The number of ether oxygens (including phenoxy) is 1. The zero-order valence-corrected chi connectivity index (χ0v) is 16.8. The summed E-state index contributed by atoms with van der Waals surface area (Å²) >= 11 is 10.8. The van der Waals surface area contributed by atoms with Gasteiger partial charge in [-0.3, -0.25) is 15.6 Å². The lowest BCUT2D eigenvalue weighted by Gasteiger charge is -2.15. The lowest BCUT2D eigenvalue weighted by Crippen LogP contribution is -2.45. The van der Waals surface area contributed by atoms with Crippen molar-refractivity contribution in [3.8, 4) is 5.75 Å². The van der Waals surface area contributed by atoms with Gasteiger partial charge in [-0.1, -0.05) is 37.6 Å². The van der Waals surface area contributed by atoms with Crippen LogP contribution in [0.25, 0.3) is 0 Å². The summed E-state index contributed by atoms with van der Waals surface area (Å²) in [7, 11) is 0. The number of aryl methyl sites for hydroxylation is 1. The van der Waals surface area contributed by atoms with Crippen LogP contribution in [0.15, 0.2) is 36.4 Å². The molecule has 0 aliphatic carbocycles. The van der Waals surface area contributed by atoms with Crippen molar-refractivity contribution in [3.63, 3.8) is 0 Å². The van der Waals surface area contributed by atoms with Crippen LogP contribution in [0, 0.1) is 12.7 Å². The van der Waals surface area contributed by atoms with Gasteiger partial charge in [0, 0.05) is 5.69 Å². The van der Waals surface area contributed by atoms with Gasteiger partial charge in [-0.15, -0.1) is 0 Å². The molecule has 0 saturated heterocycles. The molecule has 2 aromatic rings. The van der Waals surface area contributed by atoms with Gasteiger partial charge in [0.05, 0.1) is 5.02 Å². The minimum absolute atomic E-state index is 0.0284. The molecule has 2 rings (SSSR count). The minimum Gasteiger partial charge on any atom is -0.483 e. The molecule has 0 saturated carbocycles. The summed E-state index contributed by atoms with van der Waals surface area (Å²) in [6.07, 6.45) is 0. The maximum Gasteiger partial charge on any atom is 0.276 e. The molecule has 8 heteroatoms. The first-order valence-electron chi connectivity index (χ1n) is 8.30. The maximum atomic E-state index is 13.1. The molecule has 0 heterocycles. The lowest BCUT2D eigenvalue weighted by atomic mass is 10.0. The highest BCUT2D eigenvalue weighted by Gasteiger charge is 2.10. The van der Waals surface area contributed by atoms with Crippen LogP contribution in [0.3, 0.4) is 0 Å². The van der Waals surface area contributed by atoms with Gasteiger partial charge in [-0.2, -0.15) is 0 Å². The van der Waals surface area contributed by atoms with Crippen LogP contribution < -0.4 is 20.9 Å². The third-order valence-electron chi connectivity index (χ3n) is 3.64. The average Bonchev–Trinajstić information content (AvgIpc) is 2.61. The van der Waals surface area contributed by atoms with Crippen LogP contribution in [0.5, 0.6) is 5.75 Å². The van der Waals surface area contributed by atoms with Crippen molar-refractivity contribution >= 4 is 40.5 Å². The van der Waals surface area contributed by atoms with Gasteiger partial charge in [-0.05, 0) is 60.5 Å². The fourth-order valence-corrected chi connectivity index (χ4v) is 2.64. The predicted octanol–water partition coefficient (Wildman–Crippen LogP) is 4.31. The summed E-state index contributed by atoms with van der Waals surface area (Å²) in [5.74, 6) is 0.0406. The highest BCUT2D eigenvalue weighted by Crippen LogP contribution is 2.27. The molecule has 0 radical (unpaired) electrons. The molecule has 1 amide bonds. The number of nitrogens with one attached hydrogen (secondary N) is 3. The van der Waals surface area contributed by atoms with E-state index in [-0.39, 0.29) is 22.7 Å². The Morgan fingerprint density at radius 2 is 1.96 bits per heavy atom. The van der Waals surface area contributed by atoms with Crippen molar-refractivity contribution in [2.45, 2.75) is 26.7 Å². The molecular weight excluding hydrogens is 389 g/mol. The summed E-state index contributed by atoms with van der Waals surface area (Å²) in [4.78, 5) is 12.0. The Hall–Kier alpha value is -2.38. The van der Waals surface area contributed by atoms with Gasteiger partial charge in [0.15, 0.2) is 11.7 Å². The van der Waals surface area contributed by atoms with Crippen LogP contribution in [-0.4, -0.2) is 17.6 Å². The molecule has 0 atom stereocenters. The van der Waals surface area contributed by atoms with Crippen molar-refractivity contribution in [2.75, 3.05) is 11.9 Å². The Kier molecular flexibility index (Phi) is 7.38. The van der Waals surface area contributed by atoms with Gasteiger partial charge in [0.25, 0.3) is 5.91 Å². The lowest BCUT2D eigenvalue weighted by molar-refractivity contribution is -0.123. The first-order valence-corrected chi connectivity index (χ1v) is 9.09. The van der Waals surface area contributed by atoms with Crippen molar-refractivity contribution in [1.29, 1.82) is 0 Å². The standard InChI is InChI=1S/C19H21ClFN3O2S/c1-11(2)14-6-4-12(3)8-17(14)26-10-18(25)23-24-19(27)22-13-5-7-16(21)15(20)9-13/h4-9,11H,10H2,1-3H3,(H,23,25)(H2,22,24,27). The number of halogens is 2. The Morgan fingerprint density at radius 3 is 2.63 bits per heavy atom. The number of thiocarbonyl (C=S) groups is 1. The van der Waals surface area contributed by atoms with E-state index in [1.165, 1.54) is 18.2 Å². The Bertz CT molecular complexity index is 846. The van der Waals surface area contributed by atoms with Crippen LogP contribution in [0.4, 0.5) is 10.1 Å². The van der Waals surface area contributed by atoms with Crippen LogP contribution in [0.2, 0.25) is 5.02 Å². The number of anilines is 1. The monoisotopic (exact) mass is 409 g/mol. The van der Waals surface area contributed by atoms with Crippen molar-refractivity contribution in [2.24, 2.45) is 0 Å². The maximum absolute atomic E-state index is 13.1. The first-order chi connectivity index (χ1) is 12.8. The SMILES string of the molecule is Cc1ccc(C(C)C)c(OCC(=O)NNC(=S)Nc2ccc(F)c(Cl)c2)c1. The molecular formula is C19H21ClFN3O2S. The van der Waals surface area contributed by atoms with Gasteiger partial charge in [0.1, 0.15) is 11.6 Å². The molecule has 27 heavy (non-hydrogen) atoms. The van der Waals surface area contributed by atoms with E-state index in [4.69, 9.17) is 28.6 Å². The topological polar surface area (TPSA) is 62.4 Å². The highest BCUT2D eigenvalue weighted by molar-refractivity contribution is 7.80. The van der Waals surface area contributed by atoms with Crippen molar-refractivity contribution in [3.05, 3.63) is 58.4 Å². The van der Waals surface area contributed by atoms with Gasteiger partial charge >= 0.3 is 0 Å². The van der Waals surface area contributed by atoms with E-state index in [2.05, 4.69) is 30.0 Å². The summed E-state index contributed by atoms with van der Waals surface area (Å²) in [6, 6.07) is 9.99. The second kappa shape index (κ2) is 9.53. The molecule has 0 unspecified atom stereocenters. The van der Waals surface area contributed by atoms with E-state index in [1.807, 2.05) is 25.1 Å². The molecule has 0 fully saturated rings. The summed E-state index contributed by atoms with van der Waals surface area (Å²) in [6.45, 7) is 5.92. The van der Waals surface area contributed by atoms with E-state index in [0.717, 1.165) is 11.1 Å². The average molecular weight is 410 g/mol. The van der Waals surface area contributed by atoms with Crippen LogP contribution >= 0.6 is 23.8 Å². The Balaban J connectivity index is 1.83. The van der Waals surface area contributed by atoms with Crippen molar-refractivity contribution < 1.29 is 13.9 Å². The third kappa shape index (κ3) is 6.37. The van der Waals surface area contributed by atoms with Gasteiger partial charge in [0.2, 0.25) is 0 Å². The van der Waals surface area contributed by atoms with E-state index >= 15 is 0 Å². The number of hydrogen-bond acceptors (Lipinski definition) is 3. The molecule has 0 spiro atoms. The number of hydrazine groups is 1. The normalized spacial score (nSPS) is 10.4. The fraction of sp³-hybridized carbons (Fsp3) is 0.263. The number of carbonyl (C=O) groups excluding carboxylic acids is 1. The fourth-order valence-electron chi connectivity index (χ4n) is 2.29. The molecule has 0 aromatic heterocycles. The van der Waals surface area contributed by atoms with Crippen LogP contribution in [-0.2, 0) is 4.79 Å². The summed E-state index contributed by atoms with van der Waals surface area (Å²) in [5.41, 5.74) is 7.57. The molecule has 2 aromatic carbocycles. The zero-order valence-electron chi connectivity index (χ0n) is 15.2. The minimum atomic E-state index is -0.525. The molecule has 144 valence electrons. The number of rotatable bonds is 5. The van der Waals surface area contributed by atoms with Crippen LogP contribution in [0.1, 0.15) is 30.9 Å². The number of benzene rings is 2. The number of amides is 1. The second-order valence-electron chi connectivity index (χ2n) is 6.24. The van der Waals surface area contributed by atoms with E-state index in [0.29, 0.717) is 11.4 Å². The largest absolute Gasteiger partial charge is 0.483 e. The Labute approximate surface area is 168 Å². The highest BCUT2D eigenvalue weighted by atomic mass is 35.5. The predicted molar refractivity (Wildman–Crippen MR) is 110 cm³/mol. The summed E-state index contributed by atoms with van der Waals surface area (Å²) < 4.78 is 18.8.